The van der Waals surface area contributed by atoms with Crippen molar-refractivity contribution in [1.29, 1.82) is 0 Å². The molecule has 1 aromatic carbocycles. The number of aliphatic carboxylic acids is 2. The van der Waals surface area contributed by atoms with Crippen LogP contribution in [0.3, 0.4) is 0 Å². The molecule has 2 rings (SSSR count). The van der Waals surface area contributed by atoms with Crippen LogP contribution >= 0.6 is 0 Å². The van der Waals surface area contributed by atoms with Crippen molar-refractivity contribution in [2.45, 2.75) is 46.1 Å². The van der Waals surface area contributed by atoms with Crippen molar-refractivity contribution in [3.05, 3.63) is 29.8 Å². The molecule has 0 aromatic heterocycles. The first-order valence-corrected chi connectivity index (χ1v) is 9.63. The lowest BCUT2D eigenvalue weighted by atomic mass is 9.92. The van der Waals surface area contributed by atoms with E-state index in [9.17, 15) is 5.11 Å². The van der Waals surface area contributed by atoms with Crippen molar-refractivity contribution in [2.24, 2.45) is 11.8 Å². The molecule has 0 amide bonds. The van der Waals surface area contributed by atoms with Crippen LogP contribution in [0.2, 0.25) is 0 Å². The minimum atomic E-state index is -1.82. The molecule has 1 aliphatic heterocycles. The molecule has 0 radical (unpaired) electrons. The van der Waals surface area contributed by atoms with Gasteiger partial charge in [-0.2, -0.15) is 0 Å². The van der Waals surface area contributed by atoms with E-state index in [0.717, 1.165) is 42.7 Å². The number of carboxylic acid groups (broad SMARTS) is 2. The number of ether oxygens (including phenoxy) is 1. The molecular formula is C21H33NO6. The van der Waals surface area contributed by atoms with Gasteiger partial charge in [-0.1, -0.05) is 26.0 Å². The lowest BCUT2D eigenvalue weighted by molar-refractivity contribution is -0.159. The fraction of sp³-hybridized carbons (Fsp3) is 0.619. The number of nitrogens with zero attached hydrogens (tertiary/aromatic N) is 1. The molecule has 7 heteroatoms. The molecule has 2 atom stereocenters. The van der Waals surface area contributed by atoms with Crippen LogP contribution in [0.25, 0.3) is 0 Å². The third-order valence-electron chi connectivity index (χ3n) is 4.58. The van der Waals surface area contributed by atoms with Gasteiger partial charge in [0.1, 0.15) is 5.75 Å². The summed E-state index contributed by atoms with van der Waals surface area (Å²) >= 11 is 0. The van der Waals surface area contributed by atoms with Crippen molar-refractivity contribution in [3.8, 4) is 5.75 Å². The summed E-state index contributed by atoms with van der Waals surface area (Å²) in [6.45, 7) is 12.6. The zero-order chi connectivity index (χ0) is 21.3. The van der Waals surface area contributed by atoms with E-state index in [1.807, 2.05) is 24.3 Å². The summed E-state index contributed by atoms with van der Waals surface area (Å²) in [6, 6.07) is 7.75. The Kier molecular flexibility index (Phi) is 9.41. The highest BCUT2D eigenvalue weighted by molar-refractivity contribution is 6.27. The Bertz CT molecular complexity index is 601. The first-order valence-electron chi connectivity index (χ1n) is 9.63. The van der Waals surface area contributed by atoms with Crippen LogP contribution in [0.1, 0.15) is 46.1 Å². The number of likely N-dealkylation sites (tertiary alicyclic amines) is 1. The molecule has 1 fully saturated rings. The van der Waals surface area contributed by atoms with Crippen molar-refractivity contribution < 1.29 is 29.6 Å². The fourth-order valence-electron chi connectivity index (χ4n) is 3.41. The van der Waals surface area contributed by atoms with Gasteiger partial charge in [0.15, 0.2) is 0 Å². The molecule has 7 nitrogen and oxygen atoms in total. The van der Waals surface area contributed by atoms with E-state index in [1.54, 1.807) is 13.8 Å². The fourth-order valence-corrected chi connectivity index (χ4v) is 3.41. The van der Waals surface area contributed by atoms with Gasteiger partial charge in [0.05, 0.1) is 12.2 Å². The summed E-state index contributed by atoms with van der Waals surface area (Å²) in [7, 11) is 0. The minimum Gasteiger partial charge on any atom is -0.494 e. The van der Waals surface area contributed by atoms with Gasteiger partial charge in [0, 0.05) is 19.6 Å². The second-order valence-corrected chi connectivity index (χ2v) is 8.10. The smallest absolute Gasteiger partial charge is 0.414 e. The molecule has 0 aliphatic carbocycles. The van der Waals surface area contributed by atoms with E-state index in [-0.39, 0.29) is 0 Å². The number of hydrogen-bond donors (Lipinski definition) is 3. The lowest BCUT2D eigenvalue weighted by Crippen LogP contribution is -2.39. The molecule has 0 unspecified atom stereocenters. The van der Waals surface area contributed by atoms with Crippen molar-refractivity contribution in [3.63, 3.8) is 0 Å². The number of benzene rings is 1. The molecule has 1 aliphatic rings. The largest absolute Gasteiger partial charge is 0.494 e. The summed E-state index contributed by atoms with van der Waals surface area (Å²) in [5.74, 6) is -1.13. The van der Waals surface area contributed by atoms with Crippen LogP contribution in [-0.4, -0.2) is 58.4 Å². The predicted molar refractivity (Wildman–Crippen MR) is 106 cm³/mol. The Hall–Kier alpha value is -2.12. The third kappa shape index (κ3) is 9.19. The molecule has 1 saturated heterocycles. The van der Waals surface area contributed by atoms with E-state index in [4.69, 9.17) is 24.5 Å². The molecular weight excluding hydrogens is 362 g/mol. The lowest BCUT2D eigenvalue weighted by Gasteiger charge is -2.34. The number of aliphatic hydroxyl groups is 1. The highest BCUT2D eigenvalue weighted by Gasteiger charge is 2.21. The van der Waals surface area contributed by atoms with Gasteiger partial charge >= 0.3 is 11.9 Å². The number of rotatable bonds is 6. The van der Waals surface area contributed by atoms with Crippen LogP contribution in [-0.2, 0) is 15.2 Å². The summed E-state index contributed by atoms with van der Waals surface area (Å²) < 4.78 is 5.81. The predicted octanol–water partition coefficient (Wildman–Crippen LogP) is 2.82. The van der Waals surface area contributed by atoms with Gasteiger partial charge in [-0.15, -0.1) is 0 Å². The Morgan fingerprint density at radius 1 is 1.07 bits per heavy atom. The maximum absolute atomic E-state index is 9.93. The highest BCUT2D eigenvalue weighted by atomic mass is 16.5. The highest BCUT2D eigenvalue weighted by Crippen LogP contribution is 2.23. The van der Waals surface area contributed by atoms with E-state index >= 15 is 0 Å². The van der Waals surface area contributed by atoms with E-state index in [2.05, 4.69) is 18.7 Å². The summed E-state index contributed by atoms with van der Waals surface area (Å²) in [6.07, 6.45) is 2.42. The molecule has 158 valence electrons. The van der Waals surface area contributed by atoms with Crippen LogP contribution < -0.4 is 4.74 Å². The zero-order valence-corrected chi connectivity index (χ0v) is 17.2. The Morgan fingerprint density at radius 2 is 1.57 bits per heavy atom. The standard InChI is InChI=1S/C19H31NO2.C2H2O4/c1-15-12-16(2)14-20(13-15)10-5-11-22-18-8-6-17(7-9-18)19(3,4)21;3-1(4)2(5)6/h6-9,15-16,21H,5,10-14H2,1-4H3;(H,3,4)(H,5,6)/t15-,16-;/m1./s1. The van der Waals surface area contributed by atoms with Crippen molar-refractivity contribution in [1.82, 2.24) is 4.90 Å². The van der Waals surface area contributed by atoms with E-state index in [1.165, 1.54) is 19.5 Å². The number of carboxylic acids is 2. The average Bonchev–Trinajstić information content (AvgIpc) is 2.58. The molecule has 1 heterocycles. The van der Waals surface area contributed by atoms with E-state index < -0.39 is 17.5 Å². The number of piperidine rings is 1. The summed E-state index contributed by atoms with van der Waals surface area (Å²) in [5, 5.41) is 24.7. The van der Waals surface area contributed by atoms with Gasteiger partial charge in [0.25, 0.3) is 0 Å². The first-order chi connectivity index (χ1) is 13.0. The van der Waals surface area contributed by atoms with Crippen molar-refractivity contribution in [2.75, 3.05) is 26.2 Å². The monoisotopic (exact) mass is 395 g/mol. The summed E-state index contributed by atoms with van der Waals surface area (Å²) in [4.78, 5) is 20.8. The van der Waals surface area contributed by atoms with Gasteiger partial charge in [0.2, 0.25) is 0 Å². The van der Waals surface area contributed by atoms with Gasteiger partial charge < -0.3 is 25.0 Å². The average molecular weight is 395 g/mol. The maximum atomic E-state index is 9.93. The molecule has 0 spiro atoms. The molecule has 3 N–H and O–H groups in total. The molecule has 0 saturated carbocycles. The van der Waals surface area contributed by atoms with Crippen LogP contribution in [0.4, 0.5) is 0 Å². The van der Waals surface area contributed by atoms with Crippen LogP contribution in [0.15, 0.2) is 24.3 Å². The van der Waals surface area contributed by atoms with Crippen LogP contribution in [0.5, 0.6) is 5.75 Å². The van der Waals surface area contributed by atoms with Gasteiger partial charge in [-0.3, -0.25) is 0 Å². The maximum Gasteiger partial charge on any atom is 0.414 e. The molecule has 1 aromatic rings. The topological polar surface area (TPSA) is 107 Å². The zero-order valence-electron chi connectivity index (χ0n) is 17.2. The van der Waals surface area contributed by atoms with E-state index in [0.29, 0.717) is 0 Å². The second-order valence-electron chi connectivity index (χ2n) is 8.10. The molecule has 28 heavy (non-hydrogen) atoms. The number of carbonyl (C=O) groups is 2. The van der Waals surface area contributed by atoms with Gasteiger partial charge in [-0.25, -0.2) is 9.59 Å². The summed E-state index contributed by atoms with van der Waals surface area (Å²) in [5.41, 5.74) is 0.122. The quantitative estimate of drug-likeness (QED) is 0.502. The number of hydrogen-bond acceptors (Lipinski definition) is 5. The third-order valence-corrected chi connectivity index (χ3v) is 4.58. The molecule has 0 bridgehead atoms. The normalized spacial score (nSPS) is 20.0. The Balaban J connectivity index is 0.000000568. The first kappa shape index (κ1) is 23.9. The Labute approximate surface area is 166 Å². The second kappa shape index (κ2) is 11.0. The van der Waals surface area contributed by atoms with Crippen LogP contribution in [0, 0.1) is 11.8 Å². The van der Waals surface area contributed by atoms with Crippen molar-refractivity contribution >= 4 is 11.9 Å². The SMILES string of the molecule is C[C@@H]1C[C@@H](C)CN(CCCOc2ccc(C(C)(C)O)cc2)C1.O=C(O)C(=O)O. The van der Waals surface area contributed by atoms with Gasteiger partial charge in [-0.05, 0) is 56.2 Å². The Morgan fingerprint density at radius 3 is 2.00 bits per heavy atom. The minimum absolute atomic E-state index is 0.751.